The molecule has 2 aromatic carbocycles. The highest BCUT2D eigenvalue weighted by molar-refractivity contribution is 7.92. The fourth-order valence-electron chi connectivity index (χ4n) is 4.25. The number of thiazole rings is 1. The molecule has 1 aromatic heterocycles. The number of likely N-dealkylation sites (tertiary alicyclic amines) is 1. The van der Waals surface area contributed by atoms with Gasteiger partial charge in [-0.3, -0.25) is 14.4 Å². The van der Waals surface area contributed by atoms with Gasteiger partial charge < -0.3 is 10.0 Å². The van der Waals surface area contributed by atoms with Crippen LogP contribution in [0.2, 0.25) is 5.02 Å². The molecule has 1 atom stereocenters. The SMILES string of the molecule is CC(c1ccccc1)N1CCC(N(C)c2cc(F)c(S(=O)(=O)Nc3cscn3)cc2Cl)CC1.O=CO. The number of nitrogens with one attached hydrogen (secondary N) is 1. The van der Waals surface area contributed by atoms with Gasteiger partial charge >= 0.3 is 0 Å². The number of nitrogens with zero attached hydrogens (tertiary/aromatic N) is 3. The van der Waals surface area contributed by atoms with E-state index in [-0.39, 0.29) is 23.4 Å². The Bertz CT molecular complexity index is 1240. The summed E-state index contributed by atoms with van der Waals surface area (Å²) in [5.74, 6) is -0.702. The minimum absolute atomic E-state index is 0.146. The number of hydrogen-bond donors (Lipinski definition) is 2. The van der Waals surface area contributed by atoms with Crippen LogP contribution in [0.3, 0.4) is 0 Å². The fraction of sp³-hybridized carbons (Fsp3) is 0.333. The number of anilines is 2. The van der Waals surface area contributed by atoms with E-state index in [4.69, 9.17) is 21.5 Å². The van der Waals surface area contributed by atoms with Gasteiger partial charge in [-0.1, -0.05) is 41.9 Å². The smallest absolute Gasteiger partial charge is 0.290 e. The molecule has 36 heavy (non-hydrogen) atoms. The van der Waals surface area contributed by atoms with Crippen molar-refractivity contribution in [3.05, 3.63) is 69.8 Å². The minimum Gasteiger partial charge on any atom is -0.483 e. The van der Waals surface area contributed by atoms with Crippen molar-refractivity contribution in [1.29, 1.82) is 0 Å². The van der Waals surface area contributed by atoms with Gasteiger partial charge in [-0.2, -0.15) is 0 Å². The summed E-state index contributed by atoms with van der Waals surface area (Å²) in [6, 6.07) is 13.3. The van der Waals surface area contributed by atoms with Gasteiger partial charge in [0.25, 0.3) is 16.5 Å². The van der Waals surface area contributed by atoms with E-state index < -0.39 is 20.7 Å². The Labute approximate surface area is 219 Å². The van der Waals surface area contributed by atoms with E-state index in [9.17, 15) is 12.8 Å². The summed E-state index contributed by atoms with van der Waals surface area (Å²) in [4.78, 5) is 16.2. The third kappa shape index (κ3) is 6.73. The van der Waals surface area contributed by atoms with Crippen molar-refractivity contribution >= 4 is 50.9 Å². The molecule has 1 saturated heterocycles. The second kappa shape index (κ2) is 12.5. The van der Waals surface area contributed by atoms with Gasteiger partial charge in [0, 0.05) is 43.7 Å². The molecule has 0 radical (unpaired) electrons. The van der Waals surface area contributed by atoms with E-state index in [1.807, 2.05) is 18.0 Å². The van der Waals surface area contributed by atoms with Crippen molar-refractivity contribution in [3.8, 4) is 0 Å². The summed E-state index contributed by atoms with van der Waals surface area (Å²) in [6.45, 7) is 3.79. The number of aromatic nitrogens is 1. The molecule has 2 heterocycles. The summed E-state index contributed by atoms with van der Waals surface area (Å²) in [7, 11) is -2.26. The van der Waals surface area contributed by atoms with Crippen molar-refractivity contribution in [2.75, 3.05) is 29.8 Å². The van der Waals surface area contributed by atoms with Crippen molar-refractivity contribution in [1.82, 2.24) is 9.88 Å². The molecule has 1 unspecified atom stereocenters. The zero-order chi connectivity index (χ0) is 26.3. The maximum atomic E-state index is 14.9. The van der Waals surface area contributed by atoms with E-state index in [1.165, 1.54) is 39.9 Å². The molecule has 1 aliphatic rings. The third-order valence-electron chi connectivity index (χ3n) is 6.22. The van der Waals surface area contributed by atoms with Crippen molar-refractivity contribution < 1.29 is 22.7 Å². The van der Waals surface area contributed by atoms with Crippen LogP contribution >= 0.6 is 22.9 Å². The van der Waals surface area contributed by atoms with Crippen LogP contribution in [0.5, 0.6) is 0 Å². The lowest BCUT2D eigenvalue weighted by molar-refractivity contribution is -0.122. The predicted molar refractivity (Wildman–Crippen MR) is 141 cm³/mol. The molecule has 2 N–H and O–H groups in total. The lowest BCUT2D eigenvalue weighted by Crippen LogP contribution is -2.44. The monoisotopic (exact) mass is 554 g/mol. The van der Waals surface area contributed by atoms with E-state index in [2.05, 4.69) is 45.8 Å². The van der Waals surface area contributed by atoms with Crippen LogP contribution in [0.1, 0.15) is 31.4 Å². The van der Waals surface area contributed by atoms with Crippen LogP contribution in [0.15, 0.2) is 58.3 Å². The quantitative estimate of drug-likeness (QED) is 0.392. The second-order valence-electron chi connectivity index (χ2n) is 8.28. The molecule has 0 amide bonds. The predicted octanol–water partition coefficient (Wildman–Crippen LogP) is 5.10. The fourth-order valence-corrected chi connectivity index (χ4v) is 6.26. The Kier molecular flexibility index (Phi) is 9.66. The van der Waals surface area contributed by atoms with E-state index in [0.717, 1.165) is 25.9 Å². The van der Waals surface area contributed by atoms with Gasteiger partial charge in [0.05, 0.1) is 16.2 Å². The molecule has 0 aliphatic carbocycles. The molecule has 0 saturated carbocycles. The first kappa shape index (κ1) is 27.9. The standard InChI is InChI=1S/C23H26ClFN4O2S2.CH2O2/c1-16(17-6-4-3-5-7-17)29-10-8-18(9-11-29)28(2)21-13-20(25)22(12-19(21)24)33(30,31)27-23-14-32-15-26-23;2-1-3/h3-7,12-16,18,27H,8-11H2,1-2H3;1H,(H,2,3). The third-order valence-corrected chi connectivity index (χ3v) is 8.48. The molecule has 8 nitrogen and oxygen atoms in total. The molecule has 4 rings (SSSR count). The molecule has 0 spiro atoms. The number of sulfonamides is 1. The van der Waals surface area contributed by atoms with Crippen LogP contribution in [0.25, 0.3) is 0 Å². The molecule has 194 valence electrons. The Hall–Kier alpha value is -2.73. The summed E-state index contributed by atoms with van der Waals surface area (Å²) < 4.78 is 42.4. The normalized spacial score (nSPS) is 15.4. The topological polar surface area (TPSA) is 103 Å². The van der Waals surface area contributed by atoms with Crippen LogP contribution in [-0.2, 0) is 14.8 Å². The lowest BCUT2D eigenvalue weighted by atomic mass is 9.99. The van der Waals surface area contributed by atoms with Crippen molar-refractivity contribution in [2.24, 2.45) is 0 Å². The van der Waals surface area contributed by atoms with Gasteiger partial charge in [-0.15, -0.1) is 11.3 Å². The highest BCUT2D eigenvalue weighted by Crippen LogP contribution is 2.34. The van der Waals surface area contributed by atoms with Gasteiger partial charge in [-0.05, 0) is 31.4 Å². The summed E-state index contributed by atoms with van der Waals surface area (Å²) in [5, 5.41) is 8.61. The average molecular weight is 555 g/mol. The van der Waals surface area contributed by atoms with E-state index in [0.29, 0.717) is 11.7 Å². The van der Waals surface area contributed by atoms with Crippen LogP contribution in [-0.4, -0.2) is 56.1 Å². The summed E-state index contributed by atoms with van der Waals surface area (Å²) in [6.07, 6.45) is 1.80. The van der Waals surface area contributed by atoms with Crippen LogP contribution in [0.4, 0.5) is 15.9 Å². The first-order valence-electron chi connectivity index (χ1n) is 11.2. The zero-order valence-corrected chi connectivity index (χ0v) is 22.2. The Morgan fingerprint density at radius 1 is 1.28 bits per heavy atom. The molecular weight excluding hydrogens is 527 g/mol. The molecule has 1 fully saturated rings. The van der Waals surface area contributed by atoms with Gasteiger partial charge in [-0.25, -0.2) is 17.8 Å². The maximum absolute atomic E-state index is 14.9. The van der Waals surface area contributed by atoms with E-state index in [1.54, 1.807) is 0 Å². The van der Waals surface area contributed by atoms with E-state index >= 15 is 0 Å². The van der Waals surface area contributed by atoms with Gasteiger partial charge in [0.2, 0.25) is 0 Å². The first-order chi connectivity index (χ1) is 17.2. The number of benzene rings is 2. The average Bonchev–Trinajstić information content (AvgIpc) is 3.37. The highest BCUT2D eigenvalue weighted by atomic mass is 35.5. The number of hydrogen-bond acceptors (Lipinski definition) is 7. The largest absolute Gasteiger partial charge is 0.483 e. The van der Waals surface area contributed by atoms with Crippen molar-refractivity contribution in [3.63, 3.8) is 0 Å². The number of halogens is 2. The Morgan fingerprint density at radius 3 is 2.50 bits per heavy atom. The molecule has 0 bridgehead atoms. The van der Waals surface area contributed by atoms with Crippen molar-refractivity contribution in [2.45, 2.75) is 36.7 Å². The summed E-state index contributed by atoms with van der Waals surface area (Å²) >= 11 is 7.68. The first-order valence-corrected chi connectivity index (χ1v) is 14.0. The molecule has 3 aromatic rings. The Morgan fingerprint density at radius 2 is 1.92 bits per heavy atom. The zero-order valence-electron chi connectivity index (χ0n) is 19.8. The number of rotatable bonds is 7. The summed E-state index contributed by atoms with van der Waals surface area (Å²) in [5.41, 5.74) is 3.26. The highest BCUT2D eigenvalue weighted by Gasteiger charge is 2.29. The Balaban J connectivity index is 0.00000115. The second-order valence-corrected chi connectivity index (χ2v) is 11.1. The molecular formula is C24H28ClFN4O4S2. The van der Waals surface area contributed by atoms with Gasteiger partial charge in [0.15, 0.2) is 5.82 Å². The maximum Gasteiger partial charge on any atom is 0.290 e. The van der Waals surface area contributed by atoms with Crippen LogP contribution in [0, 0.1) is 5.82 Å². The number of piperidine rings is 1. The number of carbonyl (C=O) groups is 1. The molecule has 1 aliphatic heterocycles. The minimum atomic E-state index is -4.14. The van der Waals surface area contributed by atoms with Crippen LogP contribution < -0.4 is 9.62 Å². The van der Waals surface area contributed by atoms with Gasteiger partial charge in [0.1, 0.15) is 10.7 Å². The number of carboxylic acid groups (broad SMARTS) is 1. The molecule has 12 heteroatoms. The lowest BCUT2D eigenvalue weighted by Gasteiger charge is -2.40.